The molecule has 0 aromatic carbocycles. The molecule has 11 heteroatoms. The molecule has 1 amide bonds. The summed E-state index contributed by atoms with van der Waals surface area (Å²) in [6.07, 6.45) is -1.69. The molecule has 7 nitrogen and oxygen atoms in total. The van der Waals surface area contributed by atoms with Crippen LogP contribution in [0.15, 0.2) is 18.3 Å². The summed E-state index contributed by atoms with van der Waals surface area (Å²) < 4.78 is 66.1. The van der Waals surface area contributed by atoms with Crippen LogP contribution in [0.3, 0.4) is 0 Å². The van der Waals surface area contributed by atoms with Gasteiger partial charge in [-0.05, 0) is 43.7 Å². The number of pyridine rings is 1. The maximum atomic E-state index is 15.4. The number of fused-ring (bicyclic) bond motifs is 2. The number of ether oxygens (including phenoxy) is 2. The fraction of sp³-hybridized carbons (Fsp3) is 0.769. The van der Waals surface area contributed by atoms with Crippen molar-refractivity contribution in [1.82, 2.24) is 15.2 Å². The monoisotopic (exact) mass is 528 g/mol. The number of alkyl halides is 4. The predicted molar refractivity (Wildman–Crippen MR) is 129 cm³/mol. The first-order chi connectivity index (χ1) is 17.5. The Kier molecular flexibility index (Phi) is 7.17. The van der Waals surface area contributed by atoms with Crippen molar-refractivity contribution in [3.8, 4) is 0 Å². The van der Waals surface area contributed by atoms with Gasteiger partial charge in [-0.15, -0.1) is 0 Å². The molecule has 3 saturated heterocycles. The largest absolute Gasteiger partial charge is 0.416 e. The summed E-state index contributed by atoms with van der Waals surface area (Å²) in [4.78, 5) is 21.4. The summed E-state index contributed by atoms with van der Waals surface area (Å²) >= 11 is 0. The van der Waals surface area contributed by atoms with Crippen LogP contribution < -0.4 is 10.2 Å². The van der Waals surface area contributed by atoms with Crippen LogP contribution in [-0.4, -0.2) is 85.6 Å². The molecule has 2 bridgehead atoms. The van der Waals surface area contributed by atoms with Crippen molar-refractivity contribution in [2.75, 3.05) is 38.3 Å². The highest BCUT2D eigenvalue weighted by atomic mass is 19.4. The molecule has 0 radical (unpaired) electrons. The first-order valence-corrected chi connectivity index (χ1v) is 13.2. The molecule has 37 heavy (non-hydrogen) atoms. The van der Waals surface area contributed by atoms with E-state index in [1.165, 1.54) is 0 Å². The highest BCUT2D eigenvalue weighted by molar-refractivity contribution is 5.85. The van der Waals surface area contributed by atoms with Gasteiger partial charge in [0.2, 0.25) is 5.91 Å². The van der Waals surface area contributed by atoms with E-state index >= 15 is 4.39 Å². The molecule has 1 aromatic rings. The Balaban J connectivity index is 1.29. The lowest BCUT2D eigenvalue weighted by molar-refractivity contribution is -0.146. The van der Waals surface area contributed by atoms with Gasteiger partial charge in [-0.2, -0.15) is 13.2 Å². The number of nitrogens with zero attached hydrogens (tertiary/aromatic N) is 3. The zero-order valence-corrected chi connectivity index (χ0v) is 21.5. The third-order valence-corrected chi connectivity index (χ3v) is 9.07. The molecule has 1 saturated carbocycles. The van der Waals surface area contributed by atoms with Crippen LogP contribution in [-0.2, 0) is 20.4 Å². The summed E-state index contributed by atoms with van der Waals surface area (Å²) in [6, 6.07) is 0.796. The number of halogens is 4. The number of anilines is 1. The Hall–Kier alpha value is -1.98. The minimum absolute atomic E-state index is 0.0319. The molecular formula is C26H36F4N4O3. The predicted octanol–water partition coefficient (Wildman–Crippen LogP) is 3.43. The molecule has 1 aliphatic carbocycles. The maximum absolute atomic E-state index is 15.4. The number of methoxy groups -OCH3 is 1. The van der Waals surface area contributed by atoms with Crippen LogP contribution in [0.1, 0.15) is 45.1 Å². The summed E-state index contributed by atoms with van der Waals surface area (Å²) in [6.45, 7) is 5.60. The average Bonchev–Trinajstić information content (AvgIpc) is 3.55. The minimum atomic E-state index is -4.50. The van der Waals surface area contributed by atoms with Gasteiger partial charge in [-0.3, -0.25) is 4.79 Å². The van der Waals surface area contributed by atoms with Crippen molar-refractivity contribution in [2.45, 2.75) is 82.2 Å². The van der Waals surface area contributed by atoms with Crippen LogP contribution in [0.2, 0.25) is 0 Å². The minimum Gasteiger partial charge on any atom is -0.379 e. The zero-order valence-electron chi connectivity index (χ0n) is 21.5. The molecule has 3 aliphatic heterocycles. The maximum Gasteiger partial charge on any atom is 0.416 e. The number of carbonyl (C=O) groups is 1. The fourth-order valence-corrected chi connectivity index (χ4v) is 6.83. The van der Waals surface area contributed by atoms with Gasteiger partial charge in [0.05, 0.1) is 35.8 Å². The zero-order chi connectivity index (χ0) is 26.5. The molecule has 4 fully saturated rings. The highest BCUT2D eigenvalue weighted by Gasteiger charge is 2.59. The molecule has 7 atom stereocenters. The van der Waals surface area contributed by atoms with Crippen molar-refractivity contribution in [3.05, 3.63) is 23.9 Å². The van der Waals surface area contributed by atoms with Gasteiger partial charge >= 0.3 is 6.18 Å². The van der Waals surface area contributed by atoms with E-state index in [1.54, 1.807) is 16.9 Å². The Morgan fingerprint density at radius 3 is 2.70 bits per heavy atom. The lowest BCUT2D eigenvalue weighted by atomic mass is 9.74. The molecule has 4 aliphatic rings. The van der Waals surface area contributed by atoms with Gasteiger partial charge in [0.1, 0.15) is 12.0 Å². The van der Waals surface area contributed by atoms with Gasteiger partial charge in [0.25, 0.3) is 0 Å². The second kappa shape index (κ2) is 9.96. The third kappa shape index (κ3) is 4.71. The number of rotatable bonds is 6. The lowest BCUT2D eigenvalue weighted by Gasteiger charge is -2.41. The van der Waals surface area contributed by atoms with Gasteiger partial charge in [0.15, 0.2) is 0 Å². The number of nitrogens with one attached hydrogen (secondary N) is 1. The van der Waals surface area contributed by atoms with E-state index in [9.17, 15) is 18.0 Å². The second-order valence-electron chi connectivity index (χ2n) is 11.3. The molecule has 206 valence electrons. The van der Waals surface area contributed by atoms with Gasteiger partial charge < -0.3 is 24.6 Å². The topological polar surface area (TPSA) is 66.9 Å². The smallest absolute Gasteiger partial charge is 0.379 e. The molecular weight excluding hydrogens is 492 g/mol. The second-order valence-corrected chi connectivity index (χ2v) is 11.3. The van der Waals surface area contributed by atoms with Crippen molar-refractivity contribution in [1.29, 1.82) is 0 Å². The van der Waals surface area contributed by atoms with Crippen LogP contribution >= 0.6 is 0 Å². The fourth-order valence-electron chi connectivity index (χ4n) is 6.83. The van der Waals surface area contributed by atoms with E-state index in [0.717, 1.165) is 31.2 Å². The Morgan fingerprint density at radius 2 is 2.05 bits per heavy atom. The van der Waals surface area contributed by atoms with Crippen molar-refractivity contribution >= 4 is 11.7 Å². The summed E-state index contributed by atoms with van der Waals surface area (Å²) in [7, 11) is 1.68. The lowest BCUT2D eigenvalue weighted by Crippen LogP contribution is -2.55. The van der Waals surface area contributed by atoms with Gasteiger partial charge in [-0.25, -0.2) is 9.37 Å². The van der Waals surface area contributed by atoms with E-state index in [4.69, 9.17) is 9.47 Å². The molecule has 5 rings (SSSR count). The highest BCUT2D eigenvalue weighted by Crippen LogP contribution is 2.49. The number of aromatic nitrogens is 1. The van der Waals surface area contributed by atoms with Crippen molar-refractivity contribution in [3.63, 3.8) is 0 Å². The van der Waals surface area contributed by atoms with Crippen LogP contribution in [0.4, 0.5) is 23.4 Å². The first-order valence-electron chi connectivity index (χ1n) is 13.2. The quantitative estimate of drug-likeness (QED) is 0.571. The van der Waals surface area contributed by atoms with E-state index in [0.29, 0.717) is 26.1 Å². The number of carbonyl (C=O) groups excluding carboxylic acids is 1. The standard InChI is InChI=1S/C26H36F4N4O3/c1-15(2)25(7-4-17(11-25)32-18-6-9-37-14-21(18)36-3)24(35)34-13-19-23(27)20(34)12-33(19)22-10-16(5-8-31-22)26(28,29)30/h5,8,10,15,17-21,23,32H,4,6-7,9,11-14H2,1-3H3/t17-,18+,19-,20-,21-,23?,25+/m1/s1. The average molecular weight is 529 g/mol. The molecule has 1 aromatic heterocycles. The summed E-state index contributed by atoms with van der Waals surface area (Å²) in [5.74, 6) is 0.136. The third-order valence-electron chi connectivity index (χ3n) is 9.07. The Labute approximate surface area is 214 Å². The van der Waals surface area contributed by atoms with E-state index in [-0.39, 0.29) is 48.9 Å². The number of hydrogen-bond acceptors (Lipinski definition) is 6. The molecule has 1 unspecified atom stereocenters. The Morgan fingerprint density at radius 1 is 1.27 bits per heavy atom. The molecule has 0 spiro atoms. The number of amides is 1. The number of hydrogen-bond donors (Lipinski definition) is 1. The SMILES string of the molecule is CO[C@@H]1COCC[C@@H]1N[C@@H]1CC[C@@](C(=O)N2C[C@@H]3C(F)[C@H]2CN3c2cc(C(F)(F)F)ccn2)(C(C)C)C1. The number of piperazine rings is 1. The first kappa shape index (κ1) is 26.6. The van der Waals surface area contributed by atoms with Gasteiger partial charge in [0, 0.05) is 45.1 Å². The van der Waals surface area contributed by atoms with Crippen molar-refractivity contribution < 1.29 is 31.8 Å². The van der Waals surface area contributed by atoms with E-state index in [1.807, 2.05) is 13.8 Å². The van der Waals surface area contributed by atoms with Crippen molar-refractivity contribution in [2.24, 2.45) is 11.3 Å². The van der Waals surface area contributed by atoms with Crippen LogP contribution in [0, 0.1) is 11.3 Å². The summed E-state index contributed by atoms with van der Waals surface area (Å²) in [5, 5.41) is 3.70. The molecule has 4 heterocycles. The van der Waals surface area contributed by atoms with Crippen LogP contribution in [0.25, 0.3) is 0 Å². The normalized spacial score (nSPS) is 36.1. The number of likely N-dealkylation sites (tertiary alicyclic amines) is 1. The van der Waals surface area contributed by atoms with Gasteiger partial charge in [-0.1, -0.05) is 13.8 Å². The van der Waals surface area contributed by atoms with E-state index in [2.05, 4.69) is 10.3 Å². The Bertz CT molecular complexity index is 995. The summed E-state index contributed by atoms with van der Waals surface area (Å²) in [5.41, 5.74) is -1.42. The van der Waals surface area contributed by atoms with Crippen LogP contribution in [0.5, 0.6) is 0 Å². The van der Waals surface area contributed by atoms with E-state index < -0.39 is 35.4 Å². The molecule has 1 N–H and O–H groups in total.